The van der Waals surface area contributed by atoms with Gasteiger partial charge in [-0.05, 0) is 13.8 Å². The van der Waals surface area contributed by atoms with Crippen LogP contribution in [0.4, 0.5) is 0 Å². The van der Waals surface area contributed by atoms with Crippen LogP contribution in [0.2, 0.25) is 0 Å². The van der Waals surface area contributed by atoms with Crippen molar-refractivity contribution < 1.29 is 19.1 Å². The SMILES string of the molecule is C=CC(=O)OC(C)C(C)OC(=O)C=C. The molecule has 0 aliphatic heterocycles. The van der Waals surface area contributed by atoms with Crippen LogP contribution in [0.5, 0.6) is 0 Å². The lowest BCUT2D eigenvalue weighted by Gasteiger charge is -2.19. The number of hydrogen-bond donors (Lipinski definition) is 0. The molecule has 0 spiro atoms. The van der Waals surface area contributed by atoms with E-state index >= 15 is 0 Å². The molecule has 0 N–H and O–H groups in total. The predicted octanol–water partition coefficient (Wildman–Crippen LogP) is 1.22. The van der Waals surface area contributed by atoms with E-state index in [4.69, 9.17) is 9.47 Å². The molecule has 0 aliphatic carbocycles. The minimum absolute atomic E-state index is 0.510. The first kappa shape index (κ1) is 12.4. The fourth-order valence-electron chi connectivity index (χ4n) is 0.654. The largest absolute Gasteiger partial charge is 0.456 e. The molecular formula is C10H14O4. The Labute approximate surface area is 83.2 Å². The van der Waals surface area contributed by atoms with Crippen LogP contribution in [0, 0.1) is 0 Å². The lowest BCUT2D eigenvalue weighted by atomic mass is 10.2. The summed E-state index contributed by atoms with van der Waals surface area (Å²) in [4.78, 5) is 21.6. The van der Waals surface area contributed by atoms with Gasteiger partial charge in [0.1, 0.15) is 12.2 Å². The van der Waals surface area contributed by atoms with Gasteiger partial charge in [-0.3, -0.25) is 0 Å². The van der Waals surface area contributed by atoms with Crippen molar-refractivity contribution in [1.29, 1.82) is 0 Å². The summed E-state index contributed by atoms with van der Waals surface area (Å²) in [5.41, 5.74) is 0. The summed E-state index contributed by atoms with van der Waals surface area (Å²) in [6.07, 6.45) is 1.09. The monoisotopic (exact) mass is 198 g/mol. The van der Waals surface area contributed by atoms with Gasteiger partial charge < -0.3 is 9.47 Å². The van der Waals surface area contributed by atoms with E-state index in [0.29, 0.717) is 0 Å². The second kappa shape index (κ2) is 5.96. The van der Waals surface area contributed by atoms with Gasteiger partial charge in [-0.15, -0.1) is 0 Å². The van der Waals surface area contributed by atoms with Crippen LogP contribution in [0.25, 0.3) is 0 Å². The molecule has 4 heteroatoms. The summed E-state index contributed by atoms with van der Waals surface area (Å²) in [5.74, 6) is -1.09. The fraction of sp³-hybridized carbons (Fsp3) is 0.400. The number of rotatable bonds is 5. The van der Waals surface area contributed by atoms with Crippen molar-refractivity contribution in [1.82, 2.24) is 0 Å². The van der Waals surface area contributed by atoms with Gasteiger partial charge in [-0.25, -0.2) is 9.59 Å². The zero-order chi connectivity index (χ0) is 11.1. The molecule has 0 aliphatic rings. The van der Waals surface area contributed by atoms with Gasteiger partial charge in [0.05, 0.1) is 0 Å². The van der Waals surface area contributed by atoms with E-state index in [-0.39, 0.29) is 0 Å². The molecule has 0 saturated heterocycles. The van der Waals surface area contributed by atoms with E-state index in [2.05, 4.69) is 13.2 Å². The Morgan fingerprint density at radius 1 is 1.00 bits per heavy atom. The van der Waals surface area contributed by atoms with Crippen molar-refractivity contribution in [2.45, 2.75) is 26.1 Å². The van der Waals surface area contributed by atoms with Gasteiger partial charge in [-0.2, -0.15) is 0 Å². The molecule has 0 fully saturated rings. The van der Waals surface area contributed by atoms with Gasteiger partial charge >= 0.3 is 11.9 Å². The van der Waals surface area contributed by atoms with E-state index in [9.17, 15) is 9.59 Å². The summed E-state index contributed by atoms with van der Waals surface area (Å²) in [6.45, 7) is 9.76. The van der Waals surface area contributed by atoms with Gasteiger partial charge in [0.25, 0.3) is 0 Å². The Balaban J connectivity index is 4.04. The maximum absolute atomic E-state index is 10.8. The Bertz CT molecular complexity index is 219. The molecule has 0 rings (SSSR count). The normalized spacial score (nSPS) is 13.6. The maximum Gasteiger partial charge on any atom is 0.330 e. The average Bonchev–Trinajstić information content (AvgIpc) is 2.17. The zero-order valence-electron chi connectivity index (χ0n) is 8.36. The molecule has 0 aromatic heterocycles. The molecule has 0 amide bonds. The third-order valence-corrected chi connectivity index (χ3v) is 1.60. The molecule has 14 heavy (non-hydrogen) atoms. The van der Waals surface area contributed by atoms with Crippen LogP contribution in [0.1, 0.15) is 13.8 Å². The van der Waals surface area contributed by atoms with Gasteiger partial charge in [0.2, 0.25) is 0 Å². The highest BCUT2D eigenvalue weighted by atomic mass is 16.6. The van der Waals surface area contributed by atoms with Gasteiger partial charge in [0.15, 0.2) is 0 Å². The molecule has 78 valence electrons. The first-order chi connectivity index (χ1) is 6.51. The van der Waals surface area contributed by atoms with Crippen molar-refractivity contribution in [3.63, 3.8) is 0 Å². The zero-order valence-corrected chi connectivity index (χ0v) is 8.36. The smallest absolute Gasteiger partial charge is 0.330 e. The van der Waals surface area contributed by atoms with Gasteiger partial charge in [-0.1, -0.05) is 13.2 Å². The van der Waals surface area contributed by atoms with Crippen LogP contribution < -0.4 is 0 Å². The Hall–Kier alpha value is -1.58. The Kier molecular flexibility index (Phi) is 5.29. The average molecular weight is 198 g/mol. The Morgan fingerprint density at radius 2 is 1.29 bits per heavy atom. The Morgan fingerprint density at radius 3 is 1.50 bits per heavy atom. The van der Waals surface area contributed by atoms with E-state index in [1.165, 1.54) is 0 Å². The molecule has 0 heterocycles. The van der Waals surface area contributed by atoms with Crippen LogP contribution in [-0.4, -0.2) is 24.1 Å². The third kappa shape index (κ3) is 4.45. The summed E-state index contributed by atoms with van der Waals surface area (Å²) < 4.78 is 9.68. The highest BCUT2D eigenvalue weighted by molar-refractivity contribution is 5.82. The molecule has 0 aromatic carbocycles. The van der Waals surface area contributed by atoms with E-state index < -0.39 is 24.1 Å². The highest BCUT2D eigenvalue weighted by Crippen LogP contribution is 2.04. The topological polar surface area (TPSA) is 52.6 Å². The van der Waals surface area contributed by atoms with Crippen molar-refractivity contribution in [3.8, 4) is 0 Å². The molecular weight excluding hydrogens is 184 g/mol. The van der Waals surface area contributed by atoms with E-state index in [0.717, 1.165) is 12.2 Å². The first-order valence-corrected chi connectivity index (χ1v) is 4.17. The lowest BCUT2D eigenvalue weighted by Crippen LogP contribution is -2.29. The van der Waals surface area contributed by atoms with Crippen molar-refractivity contribution >= 4 is 11.9 Å². The summed E-state index contributed by atoms with van der Waals surface area (Å²) in [7, 11) is 0. The summed E-state index contributed by atoms with van der Waals surface area (Å²) in [6, 6.07) is 0. The minimum Gasteiger partial charge on any atom is -0.456 e. The number of hydrogen-bond acceptors (Lipinski definition) is 4. The second-order valence-electron chi connectivity index (χ2n) is 2.69. The molecule has 2 atom stereocenters. The van der Waals surface area contributed by atoms with Crippen LogP contribution in [-0.2, 0) is 19.1 Å². The van der Waals surface area contributed by atoms with Crippen molar-refractivity contribution in [2.75, 3.05) is 0 Å². The molecule has 2 unspecified atom stereocenters. The predicted molar refractivity (Wildman–Crippen MR) is 51.5 cm³/mol. The van der Waals surface area contributed by atoms with Crippen LogP contribution in [0.3, 0.4) is 0 Å². The van der Waals surface area contributed by atoms with Crippen molar-refractivity contribution in [2.24, 2.45) is 0 Å². The minimum atomic E-state index is -0.543. The number of carbonyl (C=O) groups excluding carboxylic acids is 2. The maximum atomic E-state index is 10.8. The summed E-state index contributed by atoms with van der Waals surface area (Å²) >= 11 is 0. The summed E-state index contributed by atoms with van der Waals surface area (Å²) in [5, 5.41) is 0. The van der Waals surface area contributed by atoms with Crippen molar-refractivity contribution in [3.05, 3.63) is 25.3 Å². The molecule has 0 aromatic rings. The van der Waals surface area contributed by atoms with Gasteiger partial charge in [0, 0.05) is 12.2 Å². The molecule has 4 nitrogen and oxygen atoms in total. The van der Waals surface area contributed by atoms with E-state index in [1.54, 1.807) is 13.8 Å². The second-order valence-corrected chi connectivity index (χ2v) is 2.69. The fourth-order valence-corrected chi connectivity index (χ4v) is 0.654. The lowest BCUT2D eigenvalue weighted by molar-refractivity contribution is -0.158. The molecule has 0 bridgehead atoms. The third-order valence-electron chi connectivity index (χ3n) is 1.60. The first-order valence-electron chi connectivity index (χ1n) is 4.17. The number of carbonyl (C=O) groups is 2. The molecule has 0 radical (unpaired) electrons. The molecule has 0 saturated carbocycles. The highest BCUT2D eigenvalue weighted by Gasteiger charge is 2.18. The number of esters is 2. The van der Waals surface area contributed by atoms with E-state index in [1.807, 2.05) is 0 Å². The standard InChI is InChI=1S/C10H14O4/c1-5-9(11)13-7(3)8(4)14-10(12)6-2/h5-8H,1-2H2,3-4H3. The quantitative estimate of drug-likeness (QED) is 0.492. The van der Waals surface area contributed by atoms with Crippen LogP contribution >= 0.6 is 0 Å². The van der Waals surface area contributed by atoms with Crippen LogP contribution in [0.15, 0.2) is 25.3 Å². The number of ether oxygens (including phenoxy) is 2.